The van der Waals surface area contributed by atoms with Crippen LogP contribution in [0.1, 0.15) is 46.2 Å². The summed E-state index contributed by atoms with van der Waals surface area (Å²) in [5.41, 5.74) is 5.38. The molecule has 12 heteroatoms. The molecule has 1 aromatic carbocycles. The van der Waals surface area contributed by atoms with Crippen LogP contribution in [0.25, 0.3) is 16.4 Å². The molecule has 1 aliphatic heterocycles. The summed E-state index contributed by atoms with van der Waals surface area (Å²) in [6, 6.07) is 15.3. The fourth-order valence-corrected chi connectivity index (χ4v) is 7.01. The number of nitrogens with one attached hydrogen (secondary N) is 2. The van der Waals surface area contributed by atoms with Gasteiger partial charge in [0.25, 0.3) is 11.5 Å². The van der Waals surface area contributed by atoms with Crippen LogP contribution in [0.4, 0.5) is 11.6 Å². The number of aryl methyl sites for hydroxylation is 1. The summed E-state index contributed by atoms with van der Waals surface area (Å²) >= 11 is 7.31. The Hall–Kier alpha value is -4.09. The second kappa shape index (κ2) is 10.6. The summed E-state index contributed by atoms with van der Waals surface area (Å²) in [7, 11) is 1.80. The summed E-state index contributed by atoms with van der Waals surface area (Å²) in [5.74, 6) is 1.73. The zero-order valence-electron chi connectivity index (χ0n) is 24.2. The maximum absolute atomic E-state index is 13.7. The van der Waals surface area contributed by atoms with Crippen LogP contribution in [0.15, 0.2) is 59.5 Å². The molecule has 2 N–H and O–H groups in total. The molecule has 43 heavy (non-hydrogen) atoms. The molecule has 5 heterocycles. The lowest BCUT2D eigenvalue weighted by atomic mass is 10.0. The summed E-state index contributed by atoms with van der Waals surface area (Å²) in [4.78, 5) is 38.0. The number of carbonyl (C=O) groups is 1. The van der Waals surface area contributed by atoms with E-state index in [0.29, 0.717) is 40.3 Å². The number of hydrogen-bond donors (Lipinski definition) is 2. The number of carbonyl (C=O) groups excluding carboxylic acids is 1. The summed E-state index contributed by atoms with van der Waals surface area (Å²) in [5, 5.41) is 9.03. The van der Waals surface area contributed by atoms with E-state index < -0.39 is 0 Å². The summed E-state index contributed by atoms with van der Waals surface area (Å²) < 4.78 is 6.32. The van der Waals surface area contributed by atoms with E-state index >= 15 is 0 Å². The van der Waals surface area contributed by atoms with E-state index in [-0.39, 0.29) is 28.4 Å². The van der Waals surface area contributed by atoms with Crippen LogP contribution in [-0.4, -0.2) is 49.4 Å². The maximum Gasteiger partial charge on any atom is 0.281 e. The molecule has 1 saturated carbocycles. The van der Waals surface area contributed by atoms with Gasteiger partial charge < -0.3 is 10.2 Å². The molecular formula is C31H31ClN8O2S. The number of nitrogens with zero attached hydrogens (tertiary/aromatic N) is 6. The number of hydrogen-bond acceptors (Lipinski definition) is 8. The van der Waals surface area contributed by atoms with Gasteiger partial charge in [0.15, 0.2) is 5.69 Å². The van der Waals surface area contributed by atoms with Crippen LogP contribution in [0, 0.1) is 18.8 Å². The third kappa shape index (κ3) is 4.80. The van der Waals surface area contributed by atoms with Crippen LogP contribution in [0.5, 0.6) is 0 Å². The average Bonchev–Trinajstić information content (AvgIpc) is 3.30. The first-order valence-electron chi connectivity index (χ1n) is 14.2. The molecule has 220 valence electrons. The minimum atomic E-state index is -0.345. The molecule has 0 spiro atoms. The van der Waals surface area contributed by atoms with Crippen molar-refractivity contribution < 1.29 is 4.79 Å². The number of amides is 1. The molecule has 5 aromatic rings. The van der Waals surface area contributed by atoms with Gasteiger partial charge in [0.1, 0.15) is 5.15 Å². The first kappa shape index (κ1) is 27.7. The molecule has 4 aromatic heterocycles. The van der Waals surface area contributed by atoms with Crippen molar-refractivity contribution in [2.75, 3.05) is 29.6 Å². The van der Waals surface area contributed by atoms with E-state index in [1.165, 1.54) is 11.9 Å². The Balaban J connectivity index is 1.20. The van der Waals surface area contributed by atoms with Crippen LogP contribution in [-0.2, 0) is 7.05 Å². The molecule has 3 atom stereocenters. The monoisotopic (exact) mass is 614 g/mol. The van der Waals surface area contributed by atoms with Gasteiger partial charge in [-0.25, -0.2) is 14.5 Å². The van der Waals surface area contributed by atoms with Gasteiger partial charge in [-0.1, -0.05) is 35.7 Å². The second-order valence-corrected chi connectivity index (χ2v) is 12.5. The van der Waals surface area contributed by atoms with E-state index in [1.807, 2.05) is 48.8 Å². The molecule has 7 rings (SSSR count). The lowest BCUT2D eigenvalue weighted by Crippen LogP contribution is -2.32. The van der Waals surface area contributed by atoms with Gasteiger partial charge in [-0.05, 0) is 67.6 Å². The summed E-state index contributed by atoms with van der Waals surface area (Å²) in [6.07, 6.45) is 3.75. The van der Waals surface area contributed by atoms with Crippen LogP contribution >= 0.6 is 23.5 Å². The van der Waals surface area contributed by atoms with Gasteiger partial charge in [-0.15, -0.1) is 0 Å². The van der Waals surface area contributed by atoms with E-state index in [2.05, 4.69) is 32.1 Å². The van der Waals surface area contributed by atoms with Crippen LogP contribution < -0.4 is 20.5 Å². The molecule has 2 fully saturated rings. The quantitative estimate of drug-likeness (QED) is 0.195. The molecule has 1 amide bonds. The van der Waals surface area contributed by atoms with Crippen molar-refractivity contribution in [3.05, 3.63) is 92.7 Å². The first-order valence-corrected chi connectivity index (χ1v) is 15.8. The van der Waals surface area contributed by atoms with Gasteiger partial charge in [0, 0.05) is 44.1 Å². The minimum absolute atomic E-state index is 0.0807. The number of benzene rings is 1. The summed E-state index contributed by atoms with van der Waals surface area (Å²) in [6.45, 7) is 5.61. The second-order valence-electron chi connectivity index (χ2n) is 11.5. The third-order valence-electron chi connectivity index (χ3n) is 8.65. The van der Waals surface area contributed by atoms with Crippen molar-refractivity contribution in [2.45, 2.75) is 25.8 Å². The lowest BCUT2D eigenvalue weighted by molar-refractivity contribution is 0.0980. The number of halogens is 1. The van der Waals surface area contributed by atoms with Gasteiger partial charge in [0.05, 0.1) is 33.8 Å². The number of piperidine rings is 1. The maximum atomic E-state index is 13.7. The standard InChI is InChI=1S/C31H31ClN8O2S/c1-16-11-19(17(2)33-23-8-9-25(32)34-28(23)29(41)37-43-4)27-20(12-16)30(42)38(3)31(35-27)39-14-21-22(15-39)26(21)24-13-18-7-5-6-10-40(18)36-24/h5-13,17,21-22,26,33H,14-15H2,1-4H3,(H,37,41). The van der Waals surface area contributed by atoms with Crippen LogP contribution in [0.3, 0.4) is 0 Å². The van der Waals surface area contributed by atoms with Crippen molar-refractivity contribution in [2.24, 2.45) is 18.9 Å². The molecule has 1 saturated heterocycles. The number of anilines is 2. The van der Waals surface area contributed by atoms with E-state index in [9.17, 15) is 9.59 Å². The zero-order valence-corrected chi connectivity index (χ0v) is 25.8. The Kier molecular flexibility index (Phi) is 6.81. The number of aromatic nitrogens is 5. The molecule has 1 aliphatic carbocycles. The minimum Gasteiger partial charge on any atom is -0.377 e. The molecule has 2 aliphatic rings. The fraction of sp³-hybridized carbons (Fsp3) is 0.323. The highest BCUT2D eigenvalue weighted by atomic mass is 35.5. The number of fused-ring (bicyclic) bond motifs is 3. The Labute approximate surface area is 257 Å². The van der Waals surface area contributed by atoms with E-state index in [1.54, 1.807) is 30.0 Å². The Morgan fingerprint density at radius 2 is 1.91 bits per heavy atom. The predicted molar refractivity (Wildman–Crippen MR) is 171 cm³/mol. The smallest absolute Gasteiger partial charge is 0.281 e. The predicted octanol–water partition coefficient (Wildman–Crippen LogP) is 4.97. The largest absolute Gasteiger partial charge is 0.377 e. The van der Waals surface area contributed by atoms with Crippen LogP contribution in [0.2, 0.25) is 5.15 Å². The average molecular weight is 615 g/mol. The lowest BCUT2D eigenvalue weighted by Gasteiger charge is -2.25. The Bertz CT molecular complexity index is 1930. The highest BCUT2D eigenvalue weighted by molar-refractivity contribution is 7.97. The Morgan fingerprint density at radius 1 is 1.12 bits per heavy atom. The highest BCUT2D eigenvalue weighted by Crippen LogP contribution is 2.58. The van der Waals surface area contributed by atoms with Crippen molar-refractivity contribution in [1.82, 2.24) is 28.9 Å². The molecule has 3 unspecified atom stereocenters. The SMILES string of the molecule is CSNC(=O)c1nc(Cl)ccc1NC(C)c1cc(C)cc2c(=O)n(C)c(N3CC4C(C3)C4c3cc4ccccn4n3)nc12. The van der Waals surface area contributed by atoms with E-state index in [4.69, 9.17) is 21.7 Å². The number of rotatable bonds is 7. The van der Waals surface area contributed by atoms with Gasteiger partial charge in [-0.3, -0.25) is 18.9 Å². The third-order valence-corrected chi connectivity index (χ3v) is 9.25. The van der Waals surface area contributed by atoms with Gasteiger partial charge in [-0.2, -0.15) is 5.10 Å². The first-order chi connectivity index (χ1) is 20.7. The van der Waals surface area contributed by atoms with Crippen molar-refractivity contribution >= 4 is 57.5 Å². The normalized spacial score (nSPS) is 19.9. The van der Waals surface area contributed by atoms with Crippen molar-refractivity contribution in [1.29, 1.82) is 0 Å². The molecule has 10 nitrogen and oxygen atoms in total. The van der Waals surface area contributed by atoms with E-state index in [0.717, 1.165) is 35.4 Å². The molecular weight excluding hydrogens is 584 g/mol. The highest BCUT2D eigenvalue weighted by Gasteiger charge is 2.58. The zero-order chi connectivity index (χ0) is 30.0. The molecule has 0 radical (unpaired) electrons. The topological polar surface area (TPSA) is 109 Å². The van der Waals surface area contributed by atoms with Gasteiger partial charge in [0.2, 0.25) is 5.95 Å². The van der Waals surface area contributed by atoms with Gasteiger partial charge >= 0.3 is 0 Å². The number of pyridine rings is 2. The molecule has 0 bridgehead atoms. The fourth-order valence-electron chi connectivity index (χ4n) is 6.58. The Morgan fingerprint density at radius 3 is 2.65 bits per heavy atom. The van der Waals surface area contributed by atoms with Crippen molar-refractivity contribution in [3.8, 4) is 0 Å². The van der Waals surface area contributed by atoms with Crippen molar-refractivity contribution in [3.63, 3.8) is 0 Å².